The summed E-state index contributed by atoms with van der Waals surface area (Å²) in [6.07, 6.45) is 1.25. The number of halogens is 1. The van der Waals surface area contributed by atoms with E-state index in [2.05, 4.69) is 21.2 Å². The Kier molecular flexibility index (Phi) is 4.38. The van der Waals surface area contributed by atoms with E-state index in [0.717, 1.165) is 15.7 Å². The summed E-state index contributed by atoms with van der Waals surface area (Å²) in [5.41, 5.74) is 2.06. The third-order valence-electron chi connectivity index (χ3n) is 2.12. The van der Waals surface area contributed by atoms with E-state index >= 15 is 0 Å². The van der Waals surface area contributed by atoms with E-state index in [1.54, 1.807) is 0 Å². The average Bonchev–Trinajstić information content (AvgIpc) is 2.08. The Bertz CT molecular complexity index is 471. The van der Waals surface area contributed by atoms with Gasteiger partial charge in [0.15, 0.2) is 0 Å². The fraction of sp³-hybridized carbons (Fsp3) is 0.455. The number of aryl methyl sites for hydroxylation is 1. The molecule has 90 valence electrons. The quantitative estimate of drug-likeness (QED) is 0.930. The van der Waals surface area contributed by atoms with E-state index in [4.69, 9.17) is 0 Å². The van der Waals surface area contributed by atoms with Gasteiger partial charge < -0.3 is 5.32 Å². The Morgan fingerprint density at radius 1 is 1.44 bits per heavy atom. The van der Waals surface area contributed by atoms with Crippen LogP contribution in [0.5, 0.6) is 0 Å². The molecule has 0 saturated heterocycles. The highest BCUT2D eigenvalue weighted by atomic mass is 79.9. The van der Waals surface area contributed by atoms with Gasteiger partial charge in [-0.2, -0.15) is 0 Å². The lowest BCUT2D eigenvalue weighted by atomic mass is 10.2. The fourth-order valence-electron chi connectivity index (χ4n) is 1.51. The predicted molar refractivity (Wildman–Crippen MR) is 71.7 cm³/mol. The van der Waals surface area contributed by atoms with Gasteiger partial charge in [-0.3, -0.25) is 0 Å². The molecule has 0 saturated carbocycles. The number of nitrogens with one attached hydrogen (secondary N) is 1. The van der Waals surface area contributed by atoms with Crippen LogP contribution in [0, 0.1) is 6.92 Å². The molecule has 0 amide bonds. The molecule has 1 rings (SSSR count). The third kappa shape index (κ3) is 4.53. The lowest BCUT2D eigenvalue weighted by Gasteiger charge is -2.14. The van der Waals surface area contributed by atoms with Gasteiger partial charge in [-0.05, 0) is 37.6 Å². The molecule has 1 atom stereocenters. The molecule has 0 radical (unpaired) electrons. The van der Waals surface area contributed by atoms with Crippen molar-refractivity contribution in [3.05, 3.63) is 28.2 Å². The van der Waals surface area contributed by atoms with E-state index in [1.807, 2.05) is 32.0 Å². The molecule has 1 aromatic rings. The number of hydrogen-bond donors (Lipinski definition) is 1. The van der Waals surface area contributed by atoms with Gasteiger partial charge in [-0.1, -0.05) is 15.9 Å². The van der Waals surface area contributed by atoms with Crippen molar-refractivity contribution in [3.8, 4) is 0 Å². The topological polar surface area (TPSA) is 46.2 Å². The standard InChI is InChI=1S/C11H16BrNO2S/c1-8-6-10(4-5-11(8)12)13-9(2)7-16(3,14)15/h4-6,9,13H,7H2,1-3H3. The van der Waals surface area contributed by atoms with Gasteiger partial charge in [-0.15, -0.1) is 0 Å². The summed E-state index contributed by atoms with van der Waals surface area (Å²) in [4.78, 5) is 0. The maximum atomic E-state index is 11.1. The van der Waals surface area contributed by atoms with Gasteiger partial charge in [0.2, 0.25) is 0 Å². The van der Waals surface area contributed by atoms with Crippen molar-refractivity contribution in [2.45, 2.75) is 19.9 Å². The minimum absolute atomic E-state index is 0.0874. The summed E-state index contributed by atoms with van der Waals surface area (Å²) >= 11 is 3.42. The molecule has 0 aromatic heterocycles. The van der Waals surface area contributed by atoms with Crippen LogP contribution in [0.25, 0.3) is 0 Å². The van der Waals surface area contributed by atoms with E-state index in [1.165, 1.54) is 6.26 Å². The first-order chi connectivity index (χ1) is 7.28. The van der Waals surface area contributed by atoms with Gasteiger partial charge >= 0.3 is 0 Å². The number of benzene rings is 1. The van der Waals surface area contributed by atoms with Gasteiger partial charge in [-0.25, -0.2) is 8.42 Å². The largest absolute Gasteiger partial charge is 0.382 e. The summed E-state index contributed by atoms with van der Waals surface area (Å²) in [5, 5.41) is 3.17. The van der Waals surface area contributed by atoms with Crippen LogP contribution in [0.1, 0.15) is 12.5 Å². The molecule has 0 spiro atoms. The van der Waals surface area contributed by atoms with E-state index in [0.29, 0.717) is 0 Å². The van der Waals surface area contributed by atoms with E-state index in [-0.39, 0.29) is 11.8 Å². The molecule has 0 aliphatic carbocycles. The predicted octanol–water partition coefficient (Wildman–Crippen LogP) is 2.60. The van der Waals surface area contributed by atoms with Gasteiger partial charge in [0, 0.05) is 22.5 Å². The zero-order valence-corrected chi connectivity index (χ0v) is 12.0. The molecule has 1 aromatic carbocycles. The van der Waals surface area contributed by atoms with Gasteiger partial charge in [0.05, 0.1) is 5.75 Å². The second kappa shape index (κ2) is 5.19. The smallest absolute Gasteiger partial charge is 0.149 e. The SMILES string of the molecule is Cc1cc(NC(C)CS(C)(=O)=O)ccc1Br. The minimum atomic E-state index is -2.93. The summed E-state index contributed by atoms with van der Waals surface area (Å²) in [5.74, 6) is 0.141. The maximum Gasteiger partial charge on any atom is 0.149 e. The molecule has 0 heterocycles. The molecule has 0 bridgehead atoms. The summed E-state index contributed by atoms with van der Waals surface area (Å²) in [7, 11) is -2.93. The van der Waals surface area contributed by atoms with Crippen molar-refractivity contribution in [2.75, 3.05) is 17.3 Å². The van der Waals surface area contributed by atoms with Crippen LogP contribution in [-0.4, -0.2) is 26.5 Å². The lowest BCUT2D eigenvalue weighted by molar-refractivity contribution is 0.598. The zero-order chi connectivity index (χ0) is 12.3. The highest BCUT2D eigenvalue weighted by Crippen LogP contribution is 2.20. The Morgan fingerprint density at radius 2 is 2.06 bits per heavy atom. The fourth-order valence-corrected chi connectivity index (χ4v) is 2.75. The van der Waals surface area contributed by atoms with Crippen LogP contribution in [0.15, 0.2) is 22.7 Å². The molecule has 5 heteroatoms. The van der Waals surface area contributed by atoms with Crippen LogP contribution in [0.2, 0.25) is 0 Å². The first-order valence-corrected chi connectivity index (χ1v) is 7.84. The van der Waals surface area contributed by atoms with Crippen molar-refractivity contribution in [1.82, 2.24) is 0 Å². The molecule has 1 N–H and O–H groups in total. The number of rotatable bonds is 4. The van der Waals surface area contributed by atoms with Crippen LogP contribution < -0.4 is 5.32 Å². The molecule has 0 aliphatic heterocycles. The van der Waals surface area contributed by atoms with Crippen molar-refractivity contribution in [3.63, 3.8) is 0 Å². The van der Waals surface area contributed by atoms with Crippen molar-refractivity contribution < 1.29 is 8.42 Å². The number of hydrogen-bond acceptors (Lipinski definition) is 3. The average molecular weight is 306 g/mol. The van der Waals surface area contributed by atoms with Crippen LogP contribution in [-0.2, 0) is 9.84 Å². The molecular formula is C11H16BrNO2S. The Balaban J connectivity index is 2.70. The Labute approximate surface area is 105 Å². The monoisotopic (exact) mass is 305 g/mol. The molecule has 0 aliphatic rings. The minimum Gasteiger partial charge on any atom is -0.382 e. The van der Waals surface area contributed by atoms with Gasteiger partial charge in [0.25, 0.3) is 0 Å². The van der Waals surface area contributed by atoms with Crippen molar-refractivity contribution in [1.29, 1.82) is 0 Å². The third-order valence-corrected chi connectivity index (χ3v) is 4.12. The summed E-state index contributed by atoms with van der Waals surface area (Å²) in [6.45, 7) is 3.86. The first kappa shape index (κ1) is 13.5. The first-order valence-electron chi connectivity index (χ1n) is 4.98. The highest BCUT2D eigenvalue weighted by Gasteiger charge is 2.10. The van der Waals surface area contributed by atoms with Crippen LogP contribution in [0.3, 0.4) is 0 Å². The summed E-state index contributed by atoms with van der Waals surface area (Å²) < 4.78 is 23.3. The molecule has 16 heavy (non-hydrogen) atoms. The highest BCUT2D eigenvalue weighted by molar-refractivity contribution is 9.10. The van der Waals surface area contributed by atoms with Crippen molar-refractivity contribution >= 4 is 31.5 Å². The van der Waals surface area contributed by atoms with E-state index in [9.17, 15) is 8.42 Å². The Morgan fingerprint density at radius 3 is 2.56 bits per heavy atom. The van der Waals surface area contributed by atoms with Crippen molar-refractivity contribution in [2.24, 2.45) is 0 Å². The lowest BCUT2D eigenvalue weighted by Crippen LogP contribution is -2.24. The molecule has 1 unspecified atom stereocenters. The number of anilines is 1. The molecule has 0 fully saturated rings. The second-order valence-electron chi connectivity index (χ2n) is 4.10. The van der Waals surface area contributed by atoms with Gasteiger partial charge in [0.1, 0.15) is 9.84 Å². The zero-order valence-electron chi connectivity index (χ0n) is 9.62. The molecular weight excluding hydrogens is 290 g/mol. The summed E-state index contributed by atoms with van der Waals surface area (Å²) in [6, 6.07) is 5.78. The molecule has 3 nitrogen and oxygen atoms in total. The maximum absolute atomic E-state index is 11.1. The van der Waals surface area contributed by atoms with E-state index < -0.39 is 9.84 Å². The Hall–Kier alpha value is -0.550. The number of sulfone groups is 1. The normalized spacial score (nSPS) is 13.5. The second-order valence-corrected chi connectivity index (χ2v) is 7.14. The van der Waals surface area contributed by atoms with Crippen LogP contribution >= 0.6 is 15.9 Å². The van der Waals surface area contributed by atoms with Crippen LogP contribution in [0.4, 0.5) is 5.69 Å².